The van der Waals surface area contributed by atoms with E-state index in [1.807, 2.05) is 66.9 Å². The second-order valence-electron chi connectivity index (χ2n) is 5.45. The molecule has 23 heavy (non-hydrogen) atoms. The van der Waals surface area contributed by atoms with Gasteiger partial charge in [-0.2, -0.15) is 0 Å². The molecular weight excluding hydrogens is 310 g/mol. The highest BCUT2D eigenvalue weighted by atomic mass is 35.5. The maximum absolute atomic E-state index is 11.4. The molecule has 0 amide bonds. The summed E-state index contributed by atoms with van der Waals surface area (Å²) >= 11 is 5.97. The average molecular weight is 326 g/mol. The topological polar surface area (TPSA) is 42.2 Å². The molecule has 4 heteroatoms. The monoisotopic (exact) mass is 325 g/mol. The van der Waals surface area contributed by atoms with E-state index < -0.39 is 5.97 Å². The first-order valence-corrected chi connectivity index (χ1v) is 7.64. The SMILES string of the molecule is Cc1cc(C(=O)O)c(C)n1-c1ccccc1-c1ccc(Cl)cc1. The van der Waals surface area contributed by atoms with Gasteiger partial charge in [0, 0.05) is 22.0 Å². The first-order valence-electron chi connectivity index (χ1n) is 7.26. The normalized spacial score (nSPS) is 10.7. The predicted molar refractivity (Wildman–Crippen MR) is 92.6 cm³/mol. The van der Waals surface area contributed by atoms with Crippen LogP contribution in [0.15, 0.2) is 54.6 Å². The fraction of sp³-hybridized carbons (Fsp3) is 0.105. The van der Waals surface area contributed by atoms with Gasteiger partial charge in [-0.25, -0.2) is 4.79 Å². The van der Waals surface area contributed by atoms with Gasteiger partial charge in [0.1, 0.15) is 0 Å². The van der Waals surface area contributed by atoms with Gasteiger partial charge in [-0.1, -0.05) is 41.9 Å². The summed E-state index contributed by atoms with van der Waals surface area (Å²) in [6.07, 6.45) is 0. The van der Waals surface area contributed by atoms with Gasteiger partial charge in [0.05, 0.1) is 11.3 Å². The van der Waals surface area contributed by atoms with E-state index in [-0.39, 0.29) is 0 Å². The number of carbonyl (C=O) groups is 1. The van der Waals surface area contributed by atoms with Crippen molar-refractivity contribution in [1.29, 1.82) is 0 Å². The van der Waals surface area contributed by atoms with Crippen LogP contribution >= 0.6 is 11.6 Å². The van der Waals surface area contributed by atoms with Gasteiger partial charge in [-0.3, -0.25) is 0 Å². The van der Waals surface area contributed by atoms with Crippen molar-refractivity contribution in [2.75, 3.05) is 0 Å². The summed E-state index contributed by atoms with van der Waals surface area (Å²) in [6.45, 7) is 3.74. The fourth-order valence-corrected chi connectivity index (χ4v) is 3.02. The summed E-state index contributed by atoms with van der Waals surface area (Å²) in [5.74, 6) is -0.909. The van der Waals surface area contributed by atoms with Gasteiger partial charge in [0.15, 0.2) is 0 Å². The zero-order chi connectivity index (χ0) is 16.6. The second-order valence-corrected chi connectivity index (χ2v) is 5.89. The van der Waals surface area contributed by atoms with Crippen LogP contribution in [0.25, 0.3) is 16.8 Å². The molecule has 0 aliphatic carbocycles. The molecule has 1 aromatic heterocycles. The predicted octanol–water partition coefficient (Wildman–Crippen LogP) is 5.11. The zero-order valence-electron chi connectivity index (χ0n) is 12.9. The lowest BCUT2D eigenvalue weighted by Gasteiger charge is -2.15. The number of carboxylic acid groups (broad SMARTS) is 1. The van der Waals surface area contributed by atoms with Crippen molar-refractivity contribution in [3.05, 3.63) is 76.6 Å². The minimum Gasteiger partial charge on any atom is -0.478 e. The molecule has 0 aliphatic rings. The van der Waals surface area contributed by atoms with Crippen LogP contribution < -0.4 is 0 Å². The molecule has 116 valence electrons. The molecule has 0 spiro atoms. The Balaban J connectivity index is 2.23. The first kappa shape index (κ1) is 15.4. The minimum atomic E-state index is -0.909. The summed E-state index contributed by atoms with van der Waals surface area (Å²) in [7, 11) is 0. The zero-order valence-corrected chi connectivity index (χ0v) is 13.6. The lowest BCUT2D eigenvalue weighted by molar-refractivity contribution is 0.0696. The van der Waals surface area contributed by atoms with Crippen molar-refractivity contribution in [3.63, 3.8) is 0 Å². The third-order valence-electron chi connectivity index (χ3n) is 3.96. The Morgan fingerprint density at radius 3 is 2.30 bits per heavy atom. The average Bonchev–Trinajstić information content (AvgIpc) is 2.83. The Bertz CT molecular complexity index is 879. The van der Waals surface area contributed by atoms with E-state index in [2.05, 4.69) is 0 Å². The standard InChI is InChI=1S/C19H16ClNO2/c1-12-11-17(19(22)23)13(2)21(12)18-6-4-3-5-16(18)14-7-9-15(20)10-8-14/h3-11H,1-2H3,(H,22,23). The van der Waals surface area contributed by atoms with Crippen LogP contribution in [0.2, 0.25) is 5.02 Å². The van der Waals surface area contributed by atoms with Crippen LogP contribution in [0.3, 0.4) is 0 Å². The minimum absolute atomic E-state index is 0.327. The van der Waals surface area contributed by atoms with E-state index in [0.717, 1.165) is 28.2 Å². The molecule has 3 rings (SSSR count). The number of rotatable bonds is 3. The van der Waals surface area contributed by atoms with Gasteiger partial charge in [0.2, 0.25) is 0 Å². The third-order valence-corrected chi connectivity index (χ3v) is 4.21. The van der Waals surface area contributed by atoms with Gasteiger partial charge < -0.3 is 9.67 Å². The van der Waals surface area contributed by atoms with Crippen LogP contribution in [0.5, 0.6) is 0 Å². The second kappa shape index (κ2) is 5.94. The molecule has 1 heterocycles. The van der Waals surface area contributed by atoms with Gasteiger partial charge >= 0.3 is 5.97 Å². The van der Waals surface area contributed by atoms with Crippen molar-refractivity contribution in [2.24, 2.45) is 0 Å². The highest BCUT2D eigenvalue weighted by Crippen LogP contribution is 2.31. The van der Waals surface area contributed by atoms with Crippen LogP contribution in [0.4, 0.5) is 0 Å². The number of para-hydroxylation sites is 1. The van der Waals surface area contributed by atoms with Crippen LogP contribution in [0.1, 0.15) is 21.7 Å². The van der Waals surface area contributed by atoms with Crippen molar-refractivity contribution in [3.8, 4) is 16.8 Å². The van der Waals surface area contributed by atoms with Crippen molar-refractivity contribution < 1.29 is 9.90 Å². The number of halogens is 1. The third kappa shape index (κ3) is 2.76. The molecular formula is C19H16ClNO2. The van der Waals surface area contributed by atoms with Gasteiger partial charge in [0.25, 0.3) is 0 Å². The largest absolute Gasteiger partial charge is 0.478 e. The van der Waals surface area contributed by atoms with Crippen molar-refractivity contribution >= 4 is 17.6 Å². The molecule has 0 fully saturated rings. The smallest absolute Gasteiger partial charge is 0.337 e. The Hall–Kier alpha value is -2.52. The Morgan fingerprint density at radius 1 is 1.04 bits per heavy atom. The molecule has 2 aromatic carbocycles. The number of benzene rings is 2. The number of nitrogens with zero attached hydrogens (tertiary/aromatic N) is 1. The molecule has 0 aliphatic heterocycles. The van der Waals surface area contributed by atoms with Crippen LogP contribution in [-0.2, 0) is 0 Å². The summed E-state index contributed by atoms with van der Waals surface area (Å²) < 4.78 is 1.98. The van der Waals surface area contributed by atoms with Crippen molar-refractivity contribution in [2.45, 2.75) is 13.8 Å². The summed E-state index contributed by atoms with van der Waals surface area (Å²) in [5.41, 5.74) is 4.96. The van der Waals surface area contributed by atoms with Crippen LogP contribution in [-0.4, -0.2) is 15.6 Å². The highest BCUT2D eigenvalue weighted by Gasteiger charge is 2.17. The Morgan fingerprint density at radius 2 is 1.70 bits per heavy atom. The van der Waals surface area contributed by atoms with E-state index in [0.29, 0.717) is 10.6 Å². The number of aromatic carboxylic acids is 1. The van der Waals surface area contributed by atoms with E-state index in [9.17, 15) is 9.90 Å². The number of aryl methyl sites for hydroxylation is 1. The molecule has 0 atom stereocenters. The Labute approximate surface area is 139 Å². The highest BCUT2D eigenvalue weighted by molar-refractivity contribution is 6.30. The van der Waals surface area contributed by atoms with Crippen LogP contribution in [0, 0.1) is 13.8 Å². The van der Waals surface area contributed by atoms with Crippen molar-refractivity contribution in [1.82, 2.24) is 4.57 Å². The molecule has 0 saturated carbocycles. The summed E-state index contributed by atoms with van der Waals surface area (Å²) in [5, 5.41) is 10.0. The number of carboxylic acids is 1. The maximum Gasteiger partial charge on any atom is 0.337 e. The molecule has 3 nitrogen and oxygen atoms in total. The molecule has 0 bridgehead atoms. The lowest BCUT2D eigenvalue weighted by Crippen LogP contribution is -2.03. The first-order chi connectivity index (χ1) is 11.0. The van der Waals surface area contributed by atoms with E-state index in [1.54, 1.807) is 6.07 Å². The fourth-order valence-electron chi connectivity index (χ4n) is 2.89. The van der Waals surface area contributed by atoms with E-state index in [4.69, 9.17) is 11.6 Å². The molecule has 0 unspecified atom stereocenters. The summed E-state index contributed by atoms with van der Waals surface area (Å²) in [4.78, 5) is 11.4. The number of hydrogen-bond donors (Lipinski definition) is 1. The number of hydrogen-bond acceptors (Lipinski definition) is 1. The molecule has 0 saturated heterocycles. The van der Waals surface area contributed by atoms with E-state index in [1.165, 1.54) is 0 Å². The maximum atomic E-state index is 11.4. The summed E-state index contributed by atoms with van der Waals surface area (Å²) in [6, 6.07) is 17.3. The molecule has 0 radical (unpaired) electrons. The molecule has 3 aromatic rings. The van der Waals surface area contributed by atoms with Gasteiger partial charge in [-0.05, 0) is 43.7 Å². The number of aromatic nitrogens is 1. The van der Waals surface area contributed by atoms with Gasteiger partial charge in [-0.15, -0.1) is 0 Å². The molecule has 1 N–H and O–H groups in total. The quantitative estimate of drug-likeness (QED) is 0.726. The lowest BCUT2D eigenvalue weighted by atomic mass is 10.0. The van der Waals surface area contributed by atoms with E-state index >= 15 is 0 Å². The Kier molecular flexibility index (Phi) is 3.97.